The van der Waals surface area contributed by atoms with Crippen molar-refractivity contribution in [1.29, 1.82) is 0 Å². The highest BCUT2D eigenvalue weighted by Gasteiger charge is 2.14. The Balaban J connectivity index is 1.86. The van der Waals surface area contributed by atoms with Crippen LogP contribution in [-0.2, 0) is 0 Å². The van der Waals surface area contributed by atoms with Crippen molar-refractivity contribution in [2.75, 3.05) is 5.32 Å². The van der Waals surface area contributed by atoms with Crippen molar-refractivity contribution in [3.8, 4) is 11.4 Å². The van der Waals surface area contributed by atoms with Crippen LogP contribution in [0.2, 0.25) is 0 Å². The third kappa shape index (κ3) is 3.55. The lowest BCUT2D eigenvalue weighted by Gasteiger charge is -2.11. The first-order chi connectivity index (χ1) is 12.0. The number of amides is 1. The standard InChI is InChI=1S/C20H18FN3O/c1-12-5-4-6-18(13(12)2)24-20(25)17-11-22-19(23-14(17)3)15-7-9-16(21)10-8-15/h4-11H,1-3H3,(H,24,25). The van der Waals surface area contributed by atoms with E-state index in [1.54, 1.807) is 19.1 Å². The number of hydrogen-bond acceptors (Lipinski definition) is 3. The van der Waals surface area contributed by atoms with Crippen molar-refractivity contribution in [3.05, 3.63) is 76.9 Å². The second-order valence-electron chi connectivity index (χ2n) is 5.90. The third-order valence-corrected chi connectivity index (χ3v) is 4.18. The van der Waals surface area contributed by atoms with Crippen LogP contribution in [0.1, 0.15) is 27.2 Å². The highest BCUT2D eigenvalue weighted by atomic mass is 19.1. The lowest BCUT2D eigenvalue weighted by molar-refractivity contribution is 0.102. The number of carbonyl (C=O) groups is 1. The molecule has 25 heavy (non-hydrogen) atoms. The largest absolute Gasteiger partial charge is 0.322 e. The van der Waals surface area contributed by atoms with Gasteiger partial charge in [-0.25, -0.2) is 14.4 Å². The van der Waals surface area contributed by atoms with Gasteiger partial charge in [0.1, 0.15) is 5.82 Å². The number of aryl methyl sites for hydroxylation is 2. The van der Waals surface area contributed by atoms with Crippen molar-refractivity contribution in [3.63, 3.8) is 0 Å². The molecule has 0 aliphatic carbocycles. The van der Waals surface area contributed by atoms with Gasteiger partial charge in [0.05, 0.1) is 11.3 Å². The normalized spacial score (nSPS) is 10.6. The Kier molecular flexibility index (Phi) is 4.57. The van der Waals surface area contributed by atoms with E-state index in [2.05, 4.69) is 15.3 Å². The molecule has 1 amide bonds. The fraction of sp³-hybridized carbons (Fsp3) is 0.150. The van der Waals surface area contributed by atoms with Crippen LogP contribution in [0, 0.1) is 26.6 Å². The van der Waals surface area contributed by atoms with Crippen molar-refractivity contribution >= 4 is 11.6 Å². The van der Waals surface area contributed by atoms with Gasteiger partial charge < -0.3 is 5.32 Å². The quantitative estimate of drug-likeness (QED) is 0.769. The van der Waals surface area contributed by atoms with Crippen LogP contribution >= 0.6 is 0 Å². The SMILES string of the molecule is Cc1cccc(NC(=O)c2cnc(-c3ccc(F)cc3)nc2C)c1C. The highest BCUT2D eigenvalue weighted by Crippen LogP contribution is 2.20. The molecule has 5 heteroatoms. The van der Waals surface area contributed by atoms with Gasteiger partial charge >= 0.3 is 0 Å². The fourth-order valence-corrected chi connectivity index (χ4v) is 2.50. The Bertz CT molecular complexity index is 936. The van der Waals surface area contributed by atoms with Gasteiger partial charge in [-0.1, -0.05) is 12.1 Å². The van der Waals surface area contributed by atoms with Crippen molar-refractivity contribution in [1.82, 2.24) is 9.97 Å². The maximum absolute atomic E-state index is 13.0. The first-order valence-electron chi connectivity index (χ1n) is 7.93. The molecule has 0 saturated carbocycles. The van der Waals surface area contributed by atoms with E-state index in [9.17, 15) is 9.18 Å². The third-order valence-electron chi connectivity index (χ3n) is 4.18. The monoisotopic (exact) mass is 335 g/mol. The summed E-state index contributed by atoms with van der Waals surface area (Å²) in [5.41, 5.74) is 4.58. The number of nitrogens with zero attached hydrogens (tertiary/aromatic N) is 2. The molecule has 0 saturated heterocycles. The van der Waals surface area contributed by atoms with Crippen LogP contribution in [0.25, 0.3) is 11.4 Å². The van der Waals surface area contributed by atoms with Gasteiger partial charge in [0.15, 0.2) is 5.82 Å². The molecule has 1 aromatic heterocycles. The van der Waals surface area contributed by atoms with E-state index in [-0.39, 0.29) is 11.7 Å². The number of anilines is 1. The molecule has 4 nitrogen and oxygen atoms in total. The summed E-state index contributed by atoms with van der Waals surface area (Å²) < 4.78 is 13.0. The zero-order valence-electron chi connectivity index (χ0n) is 14.3. The van der Waals surface area contributed by atoms with Crippen LogP contribution in [0.4, 0.5) is 10.1 Å². The second kappa shape index (κ2) is 6.81. The number of carbonyl (C=O) groups excluding carboxylic acids is 1. The summed E-state index contributed by atoms with van der Waals surface area (Å²) in [5.74, 6) is -0.109. The van der Waals surface area contributed by atoms with Gasteiger partial charge in [0, 0.05) is 17.4 Å². The summed E-state index contributed by atoms with van der Waals surface area (Å²) in [6.45, 7) is 5.72. The number of benzene rings is 2. The number of hydrogen-bond donors (Lipinski definition) is 1. The Hall–Kier alpha value is -3.08. The zero-order chi connectivity index (χ0) is 18.0. The molecule has 126 valence electrons. The van der Waals surface area contributed by atoms with Crippen LogP contribution in [0.3, 0.4) is 0 Å². The van der Waals surface area contributed by atoms with Gasteiger partial charge in [0.2, 0.25) is 0 Å². The van der Waals surface area contributed by atoms with Crippen LogP contribution in [0.15, 0.2) is 48.7 Å². The van der Waals surface area contributed by atoms with E-state index in [4.69, 9.17) is 0 Å². The van der Waals surface area contributed by atoms with E-state index in [0.717, 1.165) is 16.8 Å². The number of nitrogens with one attached hydrogen (secondary N) is 1. The molecule has 1 N–H and O–H groups in total. The maximum atomic E-state index is 13.0. The molecule has 3 rings (SSSR count). The Morgan fingerprint density at radius 3 is 2.44 bits per heavy atom. The minimum absolute atomic E-state index is 0.253. The average Bonchev–Trinajstić information content (AvgIpc) is 2.59. The average molecular weight is 335 g/mol. The van der Waals surface area contributed by atoms with Gasteiger partial charge in [-0.05, 0) is 62.2 Å². The van der Waals surface area contributed by atoms with Crippen molar-refractivity contribution in [2.45, 2.75) is 20.8 Å². The Morgan fingerprint density at radius 2 is 1.76 bits per heavy atom. The minimum atomic E-state index is -0.315. The van der Waals surface area contributed by atoms with E-state index in [1.807, 2.05) is 32.0 Å². The minimum Gasteiger partial charge on any atom is -0.322 e. The van der Waals surface area contributed by atoms with Crippen molar-refractivity contribution in [2.24, 2.45) is 0 Å². The maximum Gasteiger partial charge on any atom is 0.259 e. The Morgan fingerprint density at radius 1 is 1.04 bits per heavy atom. The highest BCUT2D eigenvalue weighted by molar-refractivity contribution is 6.05. The molecule has 3 aromatic rings. The molecular weight excluding hydrogens is 317 g/mol. The van der Waals surface area contributed by atoms with Crippen LogP contribution in [0.5, 0.6) is 0 Å². The van der Waals surface area contributed by atoms with Gasteiger partial charge in [-0.2, -0.15) is 0 Å². The van der Waals surface area contributed by atoms with Crippen molar-refractivity contribution < 1.29 is 9.18 Å². The smallest absolute Gasteiger partial charge is 0.259 e. The summed E-state index contributed by atoms with van der Waals surface area (Å²) in [5, 5.41) is 2.91. The van der Waals surface area contributed by atoms with E-state index < -0.39 is 0 Å². The second-order valence-corrected chi connectivity index (χ2v) is 5.90. The summed E-state index contributed by atoms with van der Waals surface area (Å²) in [6, 6.07) is 11.7. The molecule has 0 aliphatic rings. The first kappa shape index (κ1) is 16.8. The molecule has 0 unspecified atom stereocenters. The first-order valence-corrected chi connectivity index (χ1v) is 7.93. The lowest BCUT2D eigenvalue weighted by atomic mass is 10.1. The molecule has 2 aromatic carbocycles. The molecule has 0 radical (unpaired) electrons. The van der Waals surface area contributed by atoms with E-state index >= 15 is 0 Å². The molecule has 0 aliphatic heterocycles. The molecule has 0 spiro atoms. The topological polar surface area (TPSA) is 54.9 Å². The molecule has 0 bridgehead atoms. The molecular formula is C20H18FN3O. The number of aromatic nitrogens is 2. The van der Waals surface area contributed by atoms with Gasteiger partial charge in [-0.15, -0.1) is 0 Å². The number of rotatable bonds is 3. The molecule has 0 atom stereocenters. The predicted molar refractivity (Wildman–Crippen MR) is 96.0 cm³/mol. The van der Waals surface area contributed by atoms with Crippen LogP contribution in [-0.4, -0.2) is 15.9 Å². The van der Waals surface area contributed by atoms with E-state index in [0.29, 0.717) is 22.6 Å². The number of halogens is 1. The zero-order valence-corrected chi connectivity index (χ0v) is 14.3. The fourth-order valence-electron chi connectivity index (χ4n) is 2.50. The summed E-state index contributed by atoms with van der Waals surface area (Å²) in [4.78, 5) is 21.2. The summed E-state index contributed by atoms with van der Waals surface area (Å²) in [6.07, 6.45) is 1.50. The van der Waals surface area contributed by atoms with Crippen LogP contribution < -0.4 is 5.32 Å². The lowest BCUT2D eigenvalue weighted by Crippen LogP contribution is -2.16. The van der Waals surface area contributed by atoms with E-state index in [1.165, 1.54) is 18.3 Å². The van der Waals surface area contributed by atoms with Gasteiger partial charge in [0.25, 0.3) is 5.91 Å². The summed E-state index contributed by atoms with van der Waals surface area (Å²) >= 11 is 0. The molecule has 1 heterocycles. The molecule has 0 fully saturated rings. The Labute approximate surface area is 145 Å². The predicted octanol–water partition coefficient (Wildman–Crippen LogP) is 4.46. The van der Waals surface area contributed by atoms with Gasteiger partial charge in [-0.3, -0.25) is 4.79 Å². The summed E-state index contributed by atoms with van der Waals surface area (Å²) in [7, 11) is 0.